The molecule has 12 heteroatoms. The van der Waals surface area contributed by atoms with E-state index >= 15 is 0 Å². The van der Waals surface area contributed by atoms with Crippen molar-refractivity contribution in [2.45, 2.75) is 33.4 Å². The van der Waals surface area contributed by atoms with Crippen LogP contribution < -0.4 is 10.6 Å². The average Bonchev–Trinajstić information content (AvgIpc) is 3.51. The molecule has 0 saturated carbocycles. The lowest BCUT2D eigenvalue weighted by molar-refractivity contribution is -0.138. The summed E-state index contributed by atoms with van der Waals surface area (Å²) in [4.78, 5) is 17.5. The van der Waals surface area contributed by atoms with Crippen LogP contribution in [-0.2, 0) is 13.2 Å². The van der Waals surface area contributed by atoms with Crippen molar-refractivity contribution < 1.29 is 18.0 Å². The first kappa shape index (κ1) is 26.3. The molecule has 0 spiro atoms. The van der Waals surface area contributed by atoms with E-state index in [-0.39, 0.29) is 16.8 Å². The van der Waals surface area contributed by atoms with Crippen LogP contribution in [0.3, 0.4) is 0 Å². The number of benzene rings is 1. The third kappa shape index (κ3) is 5.19. The Morgan fingerprint density at radius 1 is 1.10 bits per heavy atom. The average molecular weight is 537 g/mol. The van der Waals surface area contributed by atoms with E-state index in [4.69, 9.17) is 0 Å². The summed E-state index contributed by atoms with van der Waals surface area (Å²) < 4.78 is 44.9. The predicted octanol–water partition coefficient (Wildman–Crippen LogP) is 4.64. The fourth-order valence-corrected chi connectivity index (χ4v) is 4.62. The van der Waals surface area contributed by atoms with E-state index in [9.17, 15) is 18.0 Å². The molecule has 5 rings (SSSR count). The van der Waals surface area contributed by atoms with Crippen LogP contribution >= 0.6 is 0 Å². The molecule has 3 aromatic heterocycles. The number of aryl methyl sites for hydroxylation is 2. The number of pyridine rings is 1. The number of hydrogen-bond donors (Lipinski definition) is 2. The molecule has 1 aliphatic heterocycles. The summed E-state index contributed by atoms with van der Waals surface area (Å²) in [5.74, 6) is -0.589. The van der Waals surface area contributed by atoms with Gasteiger partial charge in [0.1, 0.15) is 5.69 Å². The number of anilines is 1. The third-order valence-electron chi connectivity index (χ3n) is 6.95. The molecule has 4 heterocycles. The molecule has 0 atom stereocenters. The van der Waals surface area contributed by atoms with E-state index in [1.54, 1.807) is 36.1 Å². The normalized spacial score (nSPS) is 13.9. The van der Waals surface area contributed by atoms with Crippen molar-refractivity contribution in [3.05, 3.63) is 76.5 Å². The SMILES string of the molecule is Cc1ncc(C(=O)Nc2cc(C3=CCNCC3)c(C)c(C(F)(F)F)c2)cc1-n1cc(-c2cnn(C)c2C)nn1. The maximum atomic E-state index is 13.9. The van der Waals surface area contributed by atoms with Gasteiger partial charge in [0.2, 0.25) is 0 Å². The summed E-state index contributed by atoms with van der Waals surface area (Å²) in [5, 5.41) is 18.5. The van der Waals surface area contributed by atoms with Crippen LogP contribution in [0.4, 0.5) is 18.9 Å². The van der Waals surface area contributed by atoms with Gasteiger partial charge in [0.25, 0.3) is 5.91 Å². The van der Waals surface area contributed by atoms with E-state index < -0.39 is 17.6 Å². The van der Waals surface area contributed by atoms with Gasteiger partial charge in [-0.05, 0) is 68.6 Å². The van der Waals surface area contributed by atoms with E-state index in [1.165, 1.54) is 17.8 Å². The van der Waals surface area contributed by atoms with E-state index in [1.807, 2.05) is 20.0 Å². The van der Waals surface area contributed by atoms with Gasteiger partial charge in [0.15, 0.2) is 0 Å². The number of carbonyl (C=O) groups excluding carboxylic acids is 1. The predicted molar refractivity (Wildman–Crippen MR) is 140 cm³/mol. The smallest absolute Gasteiger partial charge is 0.322 e. The molecule has 0 aliphatic carbocycles. The Kier molecular flexibility index (Phi) is 6.81. The maximum Gasteiger partial charge on any atom is 0.416 e. The maximum absolute atomic E-state index is 13.9. The monoisotopic (exact) mass is 536 g/mol. The minimum atomic E-state index is -4.57. The van der Waals surface area contributed by atoms with Crippen LogP contribution in [-0.4, -0.2) is 48.8 Å². The Morgan fingerprint density at radius 2 is 1.90 bits per heavy atom. The van der Waals surface area contributed by atoms with Crippen molar-refractivity contribution in [1.82, 2.24) is 35.1 Å². The second-order valence-electron chi connectivity index (χ2n) is 9.48. The molecule has 1 amide bonds. The Bertz CT molecular complexity index is 1600. The first-order valence-corrected chi connectivity index (χ1v) is 12.3. The lowest BCUT2D eigenvalue weighted by Crippen LogP contribution is -2.21. The number of rotatable bonds is 5. The number of halogens is 3. The molecule has 1 aliphatic rings. The molecule has 9 nitrogen and oxygen atoms in total. The number of alkyl halides is 3. The Labute approximate surface area is 222 Å². The number of nitrogens with one attached hydrogen (secondary N) is 2. The van der Waals surface area contributed by atoms with Crippen LogP contribution in [0.5, 0.6) is 0 Å². The molecule has 202 valence electrons. The highest BCUT2D eigenvalue weighted by Gasteiger charge is 2.34. The third-order valence-corrected chi connectivity index (χ3v) is 6.95. The summed E-state index contributed by atoms with van der Waals surface area (Å²) in [7, 11) is 1.83. The molecule has 0 fully saturated rings. The molecular formula is C27H27F3N8O. The van der Waals surface area contributed by atoms with Crippen molar-refractivity contribution in [3.8, 4) is 16.9 Å². The topological polar surface area (TPSA) is 103 Å². The molecule has 39 heavy (non-hydrogen) atoms. The molecule has 0 saturated heterocycles. The van der Waals surface area contributed by atoms with Gasteiger partial charge in [-0.2, -0.15) is 18.3 Å². The van der Waals surface area contributed by atoms with Gasteiger partial charge >= 0.3 is 6.18 Å². The second-order valence-corrected chi connectivity index (χ2v) is 9.48. The second kappa shape index (κ2) is 10.1. The summed E-state index contributed by atoms with van der Waals surface area (Å²) >= 11 is 0. The number of hydrogen-bond acceptors (Lipinski definition) is 6. The van der Waals surface area contributed by atoms with Crippen molar-refractivity contribution >= 4 is 17.2 Å². The standard InChI is InChI=1S/C27H27F3N8O/c1-15-21(18-5-7-31-8-6-18)10-20(11-23(15)27(28,29)30)34-26(39)19-9-25(16(2)32-12-19)38-14-24(35-36-38)22-13-33-37(4)17(22)3/h5,9-14,31H,6-8H2,1-4H3,(H,34,39). The highest BCUT2D eigenvalue weighted by molar-refractivity contribution is 6.04. The van der Waals surface area contributed by atoms with Crippen LogP contribution in [0.25, 0.3) is 22.5 Å². The summed E-state index contributed by atoms with van der Waals surface area (Å²) in [6.07, 6.45) is 2.70. The Hall–Kier alpha value is -4.32. The Morgan fingerprint density at radius 3 is 2.56 bits per heavy atom. The fraction of sp³-hybridized carbons (Fsp3) is 0.296. The highest BCUT2D eigenvalue weighted by Crippen LogP contribution is 2.38. The Balaban J connectivity index is 1.47. The fourth-order valence-electron chi connectivity index (χ4n) is 4.62. The summed E-state index contributed by atoms with van der Waals surface area (Å²) in [6, 6.07) is 4.16. The van der Waals surface area contributed by atoms with E-state index in [0.29, 0.717) is 42.1 Å². The quantitative estimate of drug-likeness (QED) is 0.386. The molecule has 2 N–H and O–H groups in total. The van der Waals surface area contributed by atoms with Gasteiger partial charge in [0, 0.05) is 36.7 Å². The lowest BCUT2D eigenvalue weighted by Gasteiger charge is -2.21. The molecular weight excluding hydrogens is 509 g/mol. The van der Waals surface area contributed by atoms with Crippen LogP contribution in [0.2, 0.25) is 0 Å². The van der Waals surface area contributed by atoms with Crippen molar-refractivity contribution in [2.75, 3.05) is 18.4 Å². The van der Waals surface area contributed by atoms with E-state index in [0.717, 1.165) is 22.9 Å². The largest absolute Gasteiger partial charge is 0.416 e. The van der Waals surface area contributed by atoms with Crippen molar-refractivity contribution in [1.29, 1.82) is 0 Å². The number of aromatic nitrogens is 6. The lowest BCUT2D eigenvalue weighted by atomic mass is 9.92. The highest BCUT2D eigenvalue weighted by atomic mass is 19.4. The van der Waals surface area contributed by atoms with Gasteiger partial charge in [0.05, 0.1) is 34.9 Å². The van der Waals surface area contributed by atoms with Gasteiger partial charge in [-0.3, -0.25) is 14.5 Å². The zero-order chi connectivity index (χ0) is 27.9. The van der Waals surface area contributed by atoms with Crippen molar-refractivity contribution in [3.63, 3.8) is 0 Å². The first-order valence-electron chi connectivity index (χ1n) is 12.3. The number of nitrogens with zero attached hydrogens (tertiary/aromatic N) is 6. The van der Waals surface area contributed by atoms with Crippen LogP contribution in [0.15, 0.2) is 42.9 Å². The van der Waals surface area contributed by atoms with Crippen molar-refractivity contribution in [2.24, 2.45) is 7.05 Å². The summed E-state index contributed by atoms with van der Waals surface area (Å²) in [5.41, 5.74) is 4.34. The van der Waals surface area contributed by atoms with Gasteiger partial charge in [-0.25, -0.2) is 4.68 Å². The summed E-state index contributed by atoms with van der Waals surface area (Å²) in [6.45, 7) is 6.40. The number of amides is 1. The van der Waals surface area contributed by atoms with Crippen LogP contribution in [0.1, 0.15) is 44.9 Å². The zero-order valence-electron chi connectivity index (χ0n) is 21.9. The molecule has 0 unspecified atom stereocenters. The van der Waals surface area contributed by atoms with Gasteiger partial charge in [-0.15, -0.1) is 5.10 Å². The van der Waals surface area contributed by atoms with Crippen LogP contribution in [0, 0.1) is 20.8 Å². The minimum absolute atomic E-state index is 0.0598. The zero-order valence-corrected chi connectivity index (χ0v) is 21.9. The number of carbonyl (C=O) groups is 1. The molecule has 1 aromatic carbocycles. The minimum Gasteiger partial charge on any atom is -0.322 e. The first-order chi connectivity index (χ1) is 18.5. The molecule has 4 aromatic rings. The van der Waals surface area contributed by atoms with Gasteiger partial charge < -0.3 is 10.6 Å². The molecule has 0 radical (unpaired) electrons. The van der Waals surface area contributed by atoms with Gasteiger partial charge in [-0.1, -0.05) is 11.3 Å². The van der Waals surface area contributed by atoms with E-state index in [2.05, 4.69) is 31.0 Å². The molecule has 0 bridgehead atoms.